The number of morpholine rings is 1. The molecule has 0 spiro atoms. The molecule has 2 aliphatic rings. The van der Waals surface area contributed by atoms with Gasteiger partial charge in [-0.05, 0) is 32.4 Å². The molecule has 2 N–H and O–H groups in total. The first-order valence-corrected chi connectivity index (χ1v) is 10.1. The highest BCUT2D eigenvalue weighted by Gasteiger charge is 2.35. The van der Waals surface area contributed by atoms with Gasteiger partial charge in [0.15, 0.2) is 5.96 Å². The van der Waals surface area contributed by atoms with Gasteiger partial charge in [0.05, 0.1) is 19.3 Å². The number of guanidine groups is 1. The molecule has 0 aromatic heterocycles. The van der Waals surface area contributed by atoms with Crippen LogP contribution in [0.4, 0.5) is 0 Å². The van der Waals surface area contributed by atoms with E-state index in [1.807, 2.05) is 0 Å². The summed E-state index contributed by atoms with van der Waals surface area (Å²) in [5.41, 5.74) is 1.64. The molecule has 0 amide bonds. The van der Waals surface area contributed by atoms with Crippen LogP contribution < -0.4 is 10.6 Å². The van der Waals surface area contributed by atoms with Gasteiger partial charge in [-0.3, -0.25) is 4.99 Å². The van der Waals surface area contributed by atoms with Gasteiger partial charge in [0, 0.05) is 31.6 Å². The second kappa shape index (κ2) is 9.38. The molecule has 144 valence electrons. The fraction of sp³-hybridized carbons (Fsp3) is 0.667. The SMILES string of the molecule is CCNC(=NCC1(c2ccccc2)CCCC1)NCC1CN(C)CCO1. The topological polar surface area (TPSA) is 48.9 Å². The molecule has 1 atom stereocenters. The van der Waals surface area contributed by atoms with E-state index in [1.165, 1.54) is 31.2 Å². The zero-order chi connectivity index (χ0) is 18.2. The third-order valence-corrected chi connectivity index (χ3v) is 5.67. The molecule has 1 saturated carbocycles. The first kappa shape index (κ1) is 19.2. The average molecular weight is 359 g/mol. The highest BCUT2D eigenvalue weighted by molar-refractivity contribution is 5.79. The van der Waals surface area contributed by atoms with Crippen molar-refractivity contribution >= 4 is 5.96 Å². The number of hydrogen-bond donors (Lipinski definition) is 2. The summed E-state index contributed by atoms with van der Waals surface area (Å²) in [5, 5.41) is 6.89. The number of rotatable bonds is 6. The summed E-state index contributed by atoms with van der Waals surface area (Å²) in [6.45, 7) is 7.44. The first-order valence-electron chi connectivity index (χ1n) is 10.1. The van der Waals surface area contributed by atoms with Crippen LogP contribution in [0.15, 0.2) is 35.3 Å². The predicted molar refractivity (Wildman–Crippen MR) is 108 cm³/mol. The summed E-state index contributed by atoms with van der Waals surface area (Å²) in [7, 11) is 2.15. The molecule has 0 bridgehead atoms. The highest BCUT2D eigenvalue weighted by Crippen LogP contribution is 2.41. The molecule has 5 nitrogen and oxygen atoms in total. The Kier molecular flexibility index (Phi) is 6.92. The molecular formula is C21H34N4O. The Bertz CT molecular complexity index is 569. The Morgan fingerprint density at radius 3 is 2.69 bits per heavy atom. The zero-order valence-corrected chi connectivity index (χ0v) is 16.3. The fourth-order valence-electron chi connectivity index (χ4n) is 4.15. The Balaban J connectivity index is 1.63. The molecule has 5 heteroatoms. The maximum Gasteiger partial charge on any atom is 0.191 e. The number of nitrogens with one attached hydrogen (secondary N) is 2. The fourth-order valence-corrected chi connectivity index (χ4v) is 4.15. The van der Waals surface area contributed by atoms with Crippen LogP contribution in [0.2, 0.25) is 0 Å². The minimum absolute atomic E-state index is 0.200. The molecule has 3 rings (SSSR count). The molecule has 0 radical (unpaired) electrons. The summed E-state index contributed by atoms with van der Waals surface area (Å²) < 4.78 is 5.86. The van der Waals surface area contributed by atoms with E-state index >= 15 is 0 Å². The molecule has 2 fully saturated rings. The van der Waals surface area contributed by atoms with Crippen LogP contribution in [0.25, 0.3) is 0 Å². The second-order valence-electron chi connectivity index (χ2n) is 7.68. The lowest BCUT2D eigenvalue weighted by Gasteiger charge is -2.31. The quantitative estimate of drug-likeness (QED) is 0.606. The van der Waals surface area contributed by atoms with Crippen LogP contribution in [0.3, 0.4) is 0 Å². The average Bonchev–Trinajstić information content (AvgIpc) is 3.15. The Morgan fingerprint density at radius 2 is 2.00 bits per heavy atom. The second-order valence-corrected chi connectivity index (χ2v) is 7.68. The van der Waals surface area contributed by atoms with Crippen molar-refractivity contribution in [3.8, 4) is 0 Å². The first-order chi connectivity index (χ1) is 12.7. The van der Waals surface area contributed by atoms with Crippen LogP contribution in [0.1, 0.15) is 38.2 Å². The monoisotopic (exact) mass is 358 g/mol. The Morgan fingerprint density at radius 1 is 1.23 bits per heavy atom. The van der Waals surface area contributed by atoms with Crippen molar-refractivity contribution in [2.24, 2.45) is 4.99 Å². The molecule has 1 aliphatic carbocycles. The van der Waals surface area contributed by atoms with Crippen LogP contribution >= 0.6 is 0 Å². The zero-order valence-electron chi connectivity index (χ0n) is 16.3. The third-order valence-electron chi connectivity index (χ3n) is 5.67. The number of ether oxygens (including phenoxy) is 1. The molecular weight excluding hydrogens is 324 g/mol. The molecule has 1 aromatic rings. The van der Waals surface area contributed by atoms with E-state index in [1.54, 1.807) is 0 Å². The summed E-state index contributed by atoms with van der Waals surface area (Å²) in [6, 6.07) is 10.9. The van der Waals surface area contributed by atoms with E-state index in [9.17, 15) is 0 Å². The molecule has 1 heterocycles. The predicted octanol–water partition coefficient (Wildman–Crippen LogP) is 2.38. The van der Waals surface area contributed by atoms with Crippen LogP contribution in [0, 0.1) is 0 Å². The van der Waals surface area contributed by atoms with Crippen molar-refractivity contribution in [3.63, 3.8) is 0 Å². The van der Waals surface area contributed by atoms with Crippen molar-refractivity contribution in [2.75, 3.05) is 46.4 Å². The molecule has 1 aliphatic heterocycles. The van der Waals surface area contributed by atoms with Crippen LogP contribution in [-0.4, -0.2) is 63.3 Å². The lowest BCUT2D eigenvalue weighted by Crippen LogP contribution is -2.48. The number of benzene rings is 1. The van der Waals surface area contributed by atoms with Crippen molar-refractivity contribution in [1.29, 1.82) is 0 Å². The largest absolute Gasteiger partial charge is 0.374 e. The maximum absolute atomic E-state index is 5.86. The summed E-state index contributed by atoms with van der Waals surface area (Å²) in [4.78, 5) is 7.29. The van der Waals surface area contributed by atoms with E-state index in [4.69, 9.17) is 9.73 Å². The van der Waals surface area contributed by atoms with Gasteiger partial charge in [0.25, 0.3) is 0 Å². The van der Waals surface area contributed by atoms with Crippen molar-refractivity contribution in [2.45, 2.75) is 44.1 Å². The van der Waals surface area contributed by atoms with Gasteiger partial charge in [-0.25, -0.2) is 0 Å². The molecule has 1 unspecified atom stereocenters. The van der Waals surface area contributed by atoms with Gasteiger partial charge in [0.1, 0.15) is 0 Å². The summed E-state index contributed by atoms with van der Waals surface area (Å²) in [6.07, 6.45) is 5.30. The highest BCUT2D eigenvalue weighted by atomic mass is 16.5. The van der Waals surface area contributed by atoms with E-state index in [0.29, 0.717) is 0 Å². The van der Waals surface area contributed by atoms with Gasteiger partial charge in [-0.1, -0.05) is 43.2 Å². The minimum Gasteiger partial charge on any atom is -0.374 e. The summed E-state index contributed by atoms with van der Waals surface area (Å²) in [5.74, 6) is 0.909. The number of aliphatic imine (C=N–C) groups is 1. The van der Waals surface area contributed by atoms with Crippen LogP contribution in [0.5, 0.6) is 0 Å². The lowest BCUT2D eigenvalue weighted by molar-refractivity contribution is -0.0161. The molecule has 1 aromatic carbocycles. The minimum atomic E-state index is 0.200. The number of likely N-dealkylation sites (N-methyl/N-ethyl adjacent to an activating group) is 1. The van der Waals surface area contributed by atoms with Crippen molar-refractivity contribution in [1.82, 2.24) is 15.5 Å². The van der Waals surface area contributed by atoms with Crippen LogP contribution in [-0.2, 0) is 10.2 Å². The molecule has 26 heavy (non-hydrogen) atoms. The normalized spacial score (nSPS) is 23.8. The number of nitrogens with zero attached hydrogens (tertiary/aromatic N) is 2. The number of hydrogen-bond acceptors (Lipinski definition) is 3. The smallest absolute Gasteiger partial charge is 0.191 e. The van der Waals surface area contributed by atoms with Gasteiger partial charge in [-0.2, -0.15) is 0 Å². The van der Waals surface area contributed by atoms with Crippen molar-refractivity contribution < 1.29 is 4.74 Å². The van der Waals surface area contributed by atoms with Gasteiger partial charge >= 0.3 is 0 Å². The van der Waals surface area contributed by atoms with Gasteiger partial charge < -0.3 is 20.3 Å². The van der Waals surface area contributed by atoms with E-state index in [0.717, 1.165) is 45.3 Å². The summed E-state index contributed by atoms with van der Waals surface area (Å²) >= 11 is 0. The Labute approximate surface area is 158 Å². The lowest BCUT2D eigenvalue weighted by atomic mass is 9.79. The van der Waals surface area contributed by atoms with E-state index < -0.39 is 0 Å². The van der Waals surface area contributed by atoms with E-state index in [2.05, 4.69) is 59.8 Å². The van der Waals surface area contributed by atoms with Crippen molar-refractivity contribution in [3.05, 3.63) is 35.9 Å². The Hall–Kier alpha value is -1.59. The van der Waals surface area contributed by atoms with Gasteiger partial charge in [0.2, 0.25) is 0 Å². The maximum atomic E-state index is 5.86. The standard InChI is InChI=1S/C21H34N4O/c1-3-22-20(23-15-19-16-25(2)13-14-26-19)24-17-21(11-7-8-12-21)18-9-5-4-6-10-18/h4-6,9-10,19H,3,7-8,11-17H2,1-2H3,(H2,22,23,24). The molecule has 1 saturated heterocycles. The van der Waals surface area contributed by atoms with Gasteiger partial charge in [-0.15, -0.1) is 0 Å². The van der Waals surface area contributed by atoms with E-state index in [-0.39, 0.29) is 11.5 Å². The third kappa shape index (κ3) is 4.98.